The van der Waals surface area contributed by atoms with Crippen LogP contribution >= 0.6 is 0 Å². The normalized spacial score (nSPS) is 14.4. The number of aromatic nitrogens is 4. The summed E-state index contributed by atoms with van der Waals surface area (Å²) in [6, 6.07) is 12.1. The number of para-hydroxylation sites is 1. The average Bonchev–Trinajstić information content (AvgIpc) is 3.43. The highest BCUT2D eigenvalue weighted by atomic mass is 16.5. The molecule has 35 heavy (non-hydrogen) atoms. The number of benzene rings is 2. The summed E-state index contributed by atoms with van der Waals surface area (Å²) in [5.74, 6) is 2.20. The SMILES string of the molecule is COc1cc(Nc2cccc3c2nc(CC2CCN(C(=O)O)CC2)n3C)ccc1-n1cnc(C)c1. The summed E-state index contributed by atoms with van der Waals surface area (Å²) < 4.78 is 9.75. The number of carboxylic acid groups (broad SMARTS) is 1. The van der Waals surface area contributed by atoms with Gasteiger partial charge in [0.2, 0.25) is 0 Å². The fraction of sp³-hybridized carbons (Fsp3) is 0.346. The van der Waals surface area contributed by atoms with Crippen molar-refractivity contribution >= 4 is 28.5 Å². The number of rotatable bonds is 6. The molecular formula is C26H30N6O3. The number of anilines is 2. The molecule has 1 aliphatic heterocycles. The molecule has 0 spiro atoms. The second-order valence-electron chi connectivity index (χ2n) is 9.11. The average molecular weight is 475 g/mol. The molecule has 2 aromatic heterocycles. The van der Waals surface area contributed by atoms with Crippen LogP contribution < -0.4 is 10.1 Å². The van der Waals surface area contributed by atoms with E-state index in [2.05, 4.69) is 20.9 Å². The molecule has 1 saturated heterocycles. The minimum atomic E-state index is -0.827. The topological polar surface area (TPSA) is 97.4 Å². The number of nitrogens with one attached hydrogen (secondary N) is 1. The van der Waals surface area contributed by atoms with Crippen LogP contribution in [0.2, 0.25) is 0 Å². The maximum Gasteiger partial charge on any atom is 0.407 e. The molecule has 9 heteroatoms. The van der Waals surface area contributed by atoms with E-state index in [1.54, 1.807) is 13.4 Å². The van der Waals surface area contributed by atoms with Gasteiger partial charge in [-0.05, 0) is 49.9 Å². The highest BCUT2D eigenvalue weighted by Gasteiger charge is 2.24. The first-order valence-corrected chi connectivity index (χ1v) is 11.8. The second kappa shape index (κ2) is 9.32. The highest BCUT2D eigenvalue weighted by Crippen LogP contribution is 2.32. The van der Waals surface area contributed by atoms with Crippen LogP contribution in [0.3, 0.4) is 0 Å². The van der Waals surface area contributed by atoms with Crippen LogP contribution in [0.25, 0.3) is 16.7 Å². The zero-order chi connectivity index (χ0) is 24.5. The van der Waals surface area contributed by atoms with E-state index in [-0.39, 0.29) is 0 Å². The summed E-state index contributed by atoms with van der Waals surface area (Å²) in [6.45, 7) is 3.14. The number of likely N-dealkylation sites (tertiary alicyclic amines) is 1. The number of methoxy groups -OCH3 is 1. The molecule has 9 nitrogen and oxygen atoms in total. The molecule has 4 aromatic rings. The Balaban J connectivity index is 1.38. The fourth-order valence-corrected chi connectivity index (χ4v) is 4.81. The number of carbonyl (C=O) groups is 1. The van der Waals surface area contributed by atoms with E-state index in [1.165, 1.54) is 4.90 Å². The van der Waals surface area contributed by atoms with Gasteiger partial charge in [-0.15, -0.1) is 0 Å². The van der Waals surface area contributed by atoms with Crippen molar-refractivity contribution in [1.82, 2.24) is 24.0 Å². The molecule has 2 aromatic carbocycles. The van der Waals surface area contributed by atoms with Crippen LogP contribution in [0.5, 0.6) is 5.75 Å². The Morgan fingerprint density at radius 2 is 2.03 bits per heavy atom. The fourth-order valence-electron chi connectivity index (χ4n) is 4.81. The van der Waals surface area contributed by atoms with Gasteiger partial charge in [-0.25, -0.2) is 14.8 Å². The minimum Gasteiger partial charge on any atom is -0.494 e. The summed E-state index contributed by atoms with van der Waals surface area (Å²) in [5, 5.41) is 12.7. The van der Waals surface area contributed by atoms with Gasteiger partial charge < -0.3 is 29.2 Å². The molecule has 2 N–H and O–H groups in total. The largest absolute Gasteiger partial charge is 0.494 e. The molecule has 0 atom stereocenters. The van der Waals surface area contributed by atoms with E-state index in [0.29, 0.717) is 19.0 Å². The number of hydrogen-bond acceptors (Lipinski definition) is 5. The molecule has 0 aliphatic carbocycles. The van der Waals surface area contributed by atoms with Gasteiger partial charge in [-0.1, -0.05) is 6.07 Å². The van der Waals surface area contributed by atoms with Crippen molar-refractivity contribution in [1.29, 1.82) is 0 Å². The standard InChI is InChI=1S/C26H30N6O3/c1-17-15-32(16-27-17)21-8-7-19(14-23(21)35-3)28-20-5-4-6-22-25(20)29-24(30(22)2)13-18-9-11-31(12-10-18)26(33)34/h4-8,14-16,18,28H,9-13H2,1-3H3,(H,33,34). The molecule has 182 valence electrons. The van der Waals surface area contributed by atoms with Crippen LogP contribution in [0.4, 0.5) is 16.2 Å². The number of aryl methyl sites for hydroxylation is 2. The molecule has 5 rings (SSSR count). The van der Waals surface area contributed by atoms with Crippen molar-refractivity contribution < 1.29 is 14.6 Å². The van der Waals surface area contributed by atoms with Gasteiger partial charge >= 0.3 is 6.09 Å². The third kappa shape index (κ3) is 4.53. The zero-order valence-corrected chi connectivity index (χ0v) is 20.2. The third-order valence-electron chi connectivity index (χ3n) is 6.81. The Morgan fingerprint density at radius 3 is 2.71 bits per heavy atom. The predicted octanol–water partition coefficient (Wildman–Crippen LogP) is 4.75. The molecule has 1 aliphatic rings. The molecular weight excluding hydrogens is 444 g/mol. The lowest BCUT2D eigenvalue weighted by Crippen LogP contribution is -2.38. The highest BCUT2D eigenvalue weighted by molar-refractivity contribution is 5.91. The summed E-state index contributed by atoms with van der Waals surface area (Å²) in [6.07, 6.45) is 5.48. The van der Waals surface area contributed by atoms with Crippen LogP contribution in [0.15, 0.2) is 48.9 Å². The number of piperidine rings is 1. The van der Waals surface area contributed by atoms with Crippen LogP contribution in [0, 0.1) is 12.8 Å². The van der Waals surface area contributed by atoms with E-state index in [4.69, 9.17) is 9.72 Å². The summed E-state index contributed by atoms with van der Waals surface area (Å²) >= 11 is 0. The van der Waals surface area contributed by atoms with Crippen molar-refractivity contribution in [2.45, 2.75) is 26.2 Å². The molecule has 3 heterocycles. The van der Waals surface area contributed by atoms with Crippen molar-refractivity contribution in [3.63, 3.8) is 0 Å². The molecule has 1 amide bonds. The summed E-state index contributed by atoms with van der Waals surface area (Å²) in [7, 11) is 3.71. The van der Waals surface area contributed by atoms with Crippen LogP contribution in [0.1, 0.15) is 24.4 Å². The lowest BCUT2D eigenvalue weighted by atomic mass is 9.93. The molecule has 0 unspecified atom stereocenters. The Morgan fingerprint density at radius 1 is 1.23 bits per heavy atom. The quantitative estimate of drug-likeness (QED) is 0.419. The first-order valence-electron chi connectivity index (χ1n) is 11.8. The Labute approximate surface area is 204 Å². The van der Waals surface area contributed by atoms with E-state index >= 15 is 0 Å². The number of nitrogens with zero attached hydrogens (tertiary/aromatic N) is 5. The molecule has 0 radical (unpaired) electrons. The summed E-state index contributed by atoms with van der Waals surface area (Å²) in [4.78, 5) is 22.0. The monoisotopic (exact) mass is 474 g/mol. The van der Waals surface area contributed by atoms with Crippen molar-refractivity contribution in [2.24, 2.45) is 13.0 Å². The molecule has 0 saturated carbocycles. The van der Waals surface area contributed by atoms with Gasteiger partial charge in [0.25, 0.3) is 0 Å². The minimum absolute atomic E-state index is 0.432. The lowest BCUT2D eigenvalue weighted by molar-refractivity contribution is 0.124. The Kier molecular flexibility index (Phi) is 6.07. The van der Waals surface area contributed by atoms with Crippen molar-refractivity contribution in [3.8, 4) is 11.4 Å². The summed E-state index contributed by atoms with van der Waals surface area (Å²) in [5.41, 5.74) is 5.68. The zero-order valence-electron chi connectivity index (χ0n) is 20.2. The number of fused-ring (bicyclic) bond motifs is 1. The predicted molar refractivity (Wildman–Crippen MR) is 135 cm³/mol. The van der Waals surface area contributed by atoms with Gasteiger partial charge in [0, 0.05) is 44.5 Å². The first-order chi connectivity index (χ1) is 16.9. The van der Waals surface area contributed by atoms with Gasteiger partial charge in [-0.2, -0.15) is 0 Å². The Hall–Kier alpha value is -4.01. The first kappa shape index (κ1) is 22.8. The lowest BCUT2D eigenvalue weighted by Gasteiger charge is -2.29. The molecule has 1 fully saturated rings. The van der Waals surface area contributed by atoms with E-state index < -0.39 is 6.09 Å². The maximum atomic E-state index is 11.2. The van der Waals surface area contributed by atoms with Gasteiger partial charge in [0.1, 0.15) is 17.1 Å². The van der Waals surface area contributed by atoms with E-state index in [9.17, 15) is 9.90 Å². The van der Waals surface area contributed by atoms with Crippen LogP contribution in [-0.2, 0) is 13.5 Å². The van der Waals surface area contributed by atoms with Gasteiger partial charge in [0.15, 0.2) is 0 Å². The van der Waals surface area contributed by atoms with Crippen molar-refractivity contribution in [2.75, 3.05) is 25.5 Å². The van der Waals surface area contributed by atoms with Gasteiger partial charge in [-0.3, -0.25) is 0 Å². The second-order valence-corrected chi connectivity index (χ2v) is 9.11. The van der Waals surface area contributed by atoms with E-state index in [0.717, 1.165) is 64.6 Å². The number of amides is 1. The number of hydrogen-bond donors (Lipinski definition) is 2. The van der Waals surface area contributed by atoms with Gasteiger partial charge in [0.05, 0.1) is 36.0 Å². The van der Waals surface area contributed by atoms with Crippen molar-refractivity contribution in [3.05, 3.63) is 60.4 Å². The Bertz CT molecular complexity index is 1370. The number of ether oxygens (including phenoxy) is 1. The maximum absolute atomic E-state index is 11.2. The van der Waals surface area contributed by atoms with Crippen LogP contribution in [-0.4, -0.2) is 55.4 Å². The van der Waals surface area contributed by atoms with E-state index in [1.807, 2.05) is 55.1 Å². The third-order valence-corrected chi connectivity index (χ3v) is 6.81. The smallest absolute Gasteiger partial charge is 0.407 e. The number of imidazole rings is 2. The molecule has 0 bridgehead atoms.